The van der Waals surface area contributed by atoms with Gasteiger partial charge in [-0.15, -0.1) is 0 Å². The van der Waals surface area contributed by atoms with Crippen LogP contribution in [0.1, 0.15) is 6.92 Å². The lowest BCUT2D eigenvalue weighted by Gasteiger charge is -2.35. The maximum atomic E-state index is 12.5. The second-order valence-electron chi connectivity index (χ2n) is 4.38. The first-order chi connectivity index (χ1) is 8.95. The van der Waals surface area contributed by atoms with Crippen molar-refractivity contribution in [2.24, 2.45) is 0 Å². The summed E-state index contributed by atoms with van der Waals surface area (Å²) in [4.78, 5) is 3.77. The van der Waals surface area contributed by atoms with Crippen LogP contribution >= 0.6 is 11.6 Å². The smallest absolute Gasteiger partial charge is 0.246 e. The third kappa shape index (κ3) is 3.06. The van der Waals surface area contributed by atoms with Crippen molar-refractivity contribution in [3.8, 4) is 0 Å². The summed E-state index contributed by atoms with van der Waals surface area (Å²) in [6, 6.07) is 1.43. The van der Waals surface area contributed by atoms with E-state index in [1.165, 1.54) is 22.8 Å². The largest absolute Gasteiger partial charge is 0.394 e. The SMILES string of the molecule is CC1CN(S(=O)(=O)c2cnccc2Cl)CC(CO)O1. The van der Waals surface area contributed by atoms with Crippen LogP contribution in [-0.4, -0.2) is 54.7 Å². The number of pyridine rings is 1. The van der Waals surface area contributed by atoms with Crippen LogP contribution in [0.5, 0.6) is 0 Å². The van der Waals surface area contributed by atoms with Crippen molar-refractivity contribution in [2.45, 2.75) is 24.0 Å². The van der Waals surface area contributed by atoms with Gasteiger partial charge in [0, 0.05) is 25.5 Å². The minimum Gasteiger partial charge on any atom is -0.394 e. The molecular weight excluding hydrogens is 292 g/mol. The molecular formula is C11H15ClN2O4S. The van der Waals surface area contributed by atoms with Crippen molar-refractivity contribution in [1.29, 1.82) is 0 Å². The molecule has 1 fully saturated rings. The molecule has 1 N–H and O–H groups in total. The summed E-state index contributed by atoms with van der Waals surface area (Å²) in [5.74, 6) is 0. The van der Waals surface area contributed by atoms with E-state index in [9.17, 15) is 8.42 Å². The number of ether oxygens (including phenoxy) is 1. The summed E-state index contributed by atoms with van der Waals surface area (Å²) >= 11 is 5.91. The summed E-state index contributed by atoms with van der Waals surface area (Å²) in [7, 11) is -3.72. The monoisotopic (exact) mass is 306 g/mol. The van der Waals surface area contributed by atoms with E-state index in [0.717, 1.165) is 0 Å². The Morgan fingerprint density at radius 2 is 2.32 bits per heavy atom. The van der Waals surface area contributed by atoms with Crippen LogP contribution in [0.15, 0.2) is 23.4 Å². The third-order valence-corrected chi connectivity index (χ3v) is 5.15. The molecule has 2 rings (SSSR count). The highest BCUT2D eigenvalue weighted by molar-refractivity contribution is 7.89. The average Bonchev–Trinajstić information content (AvgIpc) is 2.38. The van der Waals surface area contributed by atoms with E-state index in [2.05, 4.69) is 4.98 Å². The van der Waals surface area contributed by atoms with E-state index < -0.39 is 16.1 Å². The molecule has 0 spiro atoms. The van der Waals surface area contributed by atoms with Crippen molar-refractivity contribution in [3.63, 3.8) is 0 Å². The Hall–Kier alpha value is -0.730. The van der Waals surface area contributed by atoms with Gasteiger partial charge in [-0.3, -0.25) is 4.98 Å². The molecule has 2 atom stereocenters. The predicted octanol–water partition coefficient (Wildman–Crippen LogP) is 0.505. The standard InChI is InChI=1S/C11H15ClN2O4S/c1-8-5-14(6-9(7-15)18-8)19(16,17)11-4-13-3-2-10(11)12/h2-4,8-9,15H,5-7H2,1H3. The molecule has 0 aromatic carbocycles. The Kier molecular flexibility index (Phi) is 4.42. The lowest BCUT2D eigenvalue weighted by Crippen LogP contribution is -2.50. The molecule has 19 heavy (non-hydrogen) atoms. The van der Waals surface area contributed by atoms with Crippen molar-refractivity contribution in [3.05, 3.63) is 23.5 Å². The van der Waals surface area contributed by atoms with E-state index in [-0.39, 0.29) is 35.7 Å². The maximum absolute atomic E-state index is 12.5. The lowest BCUT2D eigenvalue weighted by atomic mass is 10.2. The zero-order chi connectivity index (χ0) is 14.0. The van der Waals surface area contributed by atoms with E-state index in [1.54, 1.807) is 6.92 Å². The number of hydrogen-bond acceptors (Lipinski definition) is 5. The van der Waals surface area contributed by atoms with Gasteiger partial charge in [-0.25, -0.2) is 8.42 Å². The number of aliphatic hydroxyl groups excluding tert-OH is 1. The molecule has 1 aromatic heterocycles. The topological polar surface area (TPSA) is 79.7 Å². The van der Waals surface area contributed by atoms with Gasteiger partial charge in [0.15, 0.2) is 0 Å². The summed E-state index contributed by atoms with van der Waals surface area (Å²) in [6.45, 7) is 1.87. The second-order valence-corrected chi connectivity index (χ2v) is 6.69. The molecule has 2 heterocycles. The number of sulfonamides is 1. The van der Waals surface area contributed by atoms with Gasteiger partial charge in [-0.1, -0.05) is 11.6 Å². The van der Waals surface area contributed by atoms with Gasteiger partial charge in [-0.05, 0) is 13.0 Å². The van der Waals surface area contributed by atoms with Crippen LogP contribution in [0.25, 0.3) is 0 Å². The number of hydrogen-bond donors (Lipinski definition) is 1. The van der Waals surface area contributed by atoms with Crippen molar-refractivity contribution < 1.29 is 18.3 Å². The molecule has 1 saturated heterocycles. The molecule has 1 aromatic rings. The number of nitrogens with zero attached hydrogens (tertiary/aromatic N) is 2. The van der Waals surface area contributed by atoms with Crippen LogP contribution in [-0.2, 0) is 14.8 Å². The summed E-state index contributed by atoms with van der Waals surface area (Å²) < 4.78 is 31.6. The molecule has 0 radical (unpaired) electrons. The molecule has 0 aliphatic carbocycles. The van der Waals surface area contributed by atoms with Crippen LogP contribution in [0.2, 0.25) is 5.02 Å². The molecule has 8 heteroatoms. The first kappa shape index (κ1) is 14.7. The summed E-state index contributed by atoms with van der Waals surface area (Å²) in [5.41, 5.74) is 0. The van der Waals surface area contributed by atoms with E-state index in [0.29, 0.717) is 0 Å². The van der Waals surface area contributed by atoms with Crippen molar-refractivity contribution >= 4 is 21.6 Å². The minimum absolute atomic E-state index is 0.0255. The number of aliphatic hydroxyl groups is 1. The maximum Gasteiger partial charge on any atom is 0.246 e. The van der Waals surface area contributed by atoms with Gasteiger partial charge in [0.25, 0.3) is 0 Å². The Balaban J connectivity index is 2.32. The number of morpholine rings is 1. The van der Waals surface area contributed by atoms with Gasteiger partial charge >= 0.3 is 0 Å². The normalized spacial score (nSPS) is 25.4. The van der Waals surface area contributed by atoms with Crippen molar-refractivity contribution in [1.82, 2.24) is 9.29 Å². The molecule has 0 saturated carbocycles. The first-order valence-corrected chi connectivity index (χ1v) is 7.63. The zero-order valence-electron chi connectivity index (χ0n) is 10.4. The highest BCUT2D eigenvalue weighted by Gasteiger charge is 2.34. The van der Waals surface area contributed by atoms with Crippen LogP contribution in [0, 0.1) is 0 Å². The second kappa shape index (κ2) is 5.72. The molecule has 2 unspecified atom stereocenters. The molecule has 0 bridgehead atoms. The quantitative estimate of drug-likeness (QED) is 0.880. The van der Waals surface area contributed by atoms with Crippen LogP contribution in [0.4, 0.5) is 0 Å². The van der Waals surface area contributed by atoms with E-state index >= 15 is 0 Å². The molecule has 1 aliphatic heterocycles. The molecule has 6 nitrogen and oxygen atoms in total. The fraction of sp³-hybridized carbons (Fsp3) is 0.545. The Bertz CT molecular complexity index is 551. The zero-order valence-corrected chi connectivity index (χ0v) is 11.9. The number of rotatable bonds is 3. The predicted molar refractivity (Wildman–Crippen MR) is 69.4 cm³/mol. The minimum atomic E-state index is -3.72. The highest BCUT2D eigenvalue weighted by atomic mass is 35.5. The average molecular weight is 307 g/mol. The fourth-order valence-corrected chi connectivity index (χ4v) is 3.94. The van der Waals surface area contributed by atoms with Gasteiger partial charge in [0.05, 0.1) is 23.8 Å². The van der Waals surface area contributed by atoms with Gasteiger partial charge in [0.1, 0.15) is 4.90 Å². The van der Waals surface area contributed by atoms with Gasteiger partial charge < -0.3 is 9.84 Å². The lowest BCUT2D eigenvalue weighted by molar-refractivity contribution is -0.0750. The number of halogens is 1. The van der Waals surface area contributed by atoms with E-state index in [4.69, 9.17) is 21.4 Å². The fourth-order valence-electron chi connectivity index (χ4n) is 1.99. The molecule has 0 amide bonds. The van der Waals surface area contributed by atoms with Gasteiger partial charge in [-0.2, -0.15) is 4.31 Å². The van der Waals surface area contributed by atoms with Crippen molar-refractivity contribution in [2.75, 3.05) is 19.7 Å². The highest BCUT2D eigenvalue weighted by Crippen LogP contribution is 2.25. The first-order valence-electron chi connectivity index (χ1n) is 5.81. The molecule has 106 valence electrons. The van der Waals surface area contributed by atoms with Gasteiger partial charge in [0.2, 0.25) is 10.0 Å². The van der Waals surface area contributed by atoms with E-state index in [1.807, 2.05) is 0 Å². The Morgan fingerprint density at radius 1 is 1.58 bits per heavy atom. The Morgan fingerprint density at radius 3 is 2.95 bits per heavy atom. The summed E-state index contributed by atoms with van der Waals surface area (Å²) in [6.07, 6.45) is 1.86. The van der Waals surface area contributed by atoms with Crippen LogP contribution in [0.3, 0.4) is 0 Å². The Labute approximate surface area is 117 Å². The van der Waals surface area contributed by atoms with Crippen LogP contribution < -0.4 is 0 Å². The molecule has 1 aliphatic rings. The summed E-state index contributed by atoms with van der Waals surface area (Å²) in [5, 5.41) is 9.27. The number of aromatic nitrogens is 1. The third-order valence-electron chi connectivity index (χ3n) is 2.85.